The van der Waals surface area contributed by atoms with Crippen molar-refractivity contribution in [2.45, 2.75) is 19.6 Å². The van der Waals surface area contributed by atoms with Gasteiger partial charge in [0.25, 0.3) is 0 Å². The van der Waals surface area contributed by atoms with Crippen molar-refractivity contribution in [1.82, 2.24) is 0 Å². The average molecular weight is 580 g/mol. The Bertz CT molecular complexity index is 1110. The molecule has 2 nitrogen and oxygen atoms in total. The van der Waals surface area contributed by atoms with E-state index < -0.39 is 75.0 Å². The fraction of sp³-hybridized carbons (Fsp3) is 0.167. The summed E-state index contributed by atoms with van der Waals surface area (Å²) < 4.78 is 118. The van der Waals surface area contributed by atoms with Gasteiger partial charge in [-0.25, -0.2) is 0 Å². The van der Waals surface area contributed by atoms with Gasteiger partial charge in [-0.1, -0.05) is 0 Å². The number of hydrogen-bond acceptors (Lipinski definition) is 2. The van der Waals surface area contributed by atoms with Crippen molar-refractivity contribution >= 4 is 0 Å². The maximum atomic E-state index is 14.8. The van der Waals surface area contributed by atoms with Gasteiger partial charge >= 0.3 is 201 Å². The Morgan fingerprint density at radius 1 is 0.571 bits per heavy atom. The van der Waals surface area contributed by atoms with Gasteiger partial charge in [0.2, 0.25) is 0 Å². The van der Waals surface area contributed by atoms with E-state index in [0.29, 0.717) is 12.1 Å². The molecule has 0 bridgehead atoms. The summed E-state index contributed by atoms with van der Waals surface area (Å²) in [4.78, 5) is 0. The summed E-state index contributed by atoms with van der Waals surface area (Å²) in [5.74, 6) is -3.64. The van der Waals surface area contributed by atoms with Crippen LogP contribution in [0.5, 0.6) is 11.5 Å². The summed E-state index contributed by atoms with van der Waals surface area (Å²) in [5, 5.41) is 0. The molecule has 0 heterocycles. The van der Waals surface area contributed by atoms with Crippen molar-refractivity contribution < 1.29 is 61.9 Å². The van der Waals surface area contributed by atoms with Gasteiger partial charge in [-0.05, 0) is 0 Å². The van der Waals surface area contributed by atoms with E-state index in [9.17, 15) is 35.1 Å². The van der Waals surface area contributed by atoms with E-state index in [-0.39, 0.29) is 12.1 Å². The van der Waals surface area contributed by atoms with Gasteiger partial charge in [0.1, 0.15) is 0 Å². The van der Waals surface area contributed by atoms with Crippen LogP contribution in [0.1, 0.15) is 11.1 Å². The van der Waals surface area contributed by atoms with Crippen LogP contribution in [-0.4, -0.2) is 0 Å². The van der Waals surface area contributed by atoms with Gasteiger partial charge in [-0.15, -0.1) is 0 Å². The van der Waals surface area contributed by atoms with E-state index in [2.05, 4.69) is 0 Å². The fourth-order valence-electron chi connectivity index (χ4n) is 3.78. The molecule has 35 heavy (non-hydrogen) atoms. The summed E-state index contributed by atoms with van der Waals surface area (Å²) >= 11 is -5.01. The van der Waals surface area contributed by atoms with Crippen LogP contribution < -0.4 is 5.63 Å². The van der Waals surface area contributed by atoms with E-state index in [1.54, 1.807) is 48.6 Å². The van der Waals surface area contributed by atoms with Crippen LogP contribution in [0.15, 0.2) is 85.0 Å². The Balaban J connectivity index is 1.80. The molecule has 0 saturated carbocycles. The first-order valence-electron chi connectivity index (χ1n) is 10.2. The number of benzene rings is 2. The third kappa shape index (κ3) is 5.29. The first kappa shape index (κ1) is 25.4. The van der Waals surface area contributed by atoms with Crippen molar-refractivity contribution in [1.29, 1.82) is 0 Å². The first-order chi connectivity index (χ1) is 16.4. The van der Waals surface area contributed by atoms with Gasteiger partial charge in [-0.3, -0.25) is 0 Å². The Morgan fingerprint density at radius 3 is 1.20 bits per heavy atom. The number of halogens is 8. The molecule has 0 radical (unpaired) electrons. The summed E-state index contributed by atoms with van der Waals surface area (Å²) in [6.07, 6.45) is 3.70. The SMILES string of the molecule is Fc1cc(C(F)(F)F)ccc1[O][Zr]([O]c1ccc(C(F)(F)F)cc1F)([CH]1C=CC=C1)[CH]1C=CC=C1. The van der Waals surface area contributed by atoms with Crippen LogP contribution in [0.25, 0.3) is 0 Å². The summed E-state index contributed by atoms with van der Waals surface area (Å²) in [5.41, 5.74) is -2.45. The molecule has 0 N–H and O–H groups in total. The summed E-state index contributed by atoms with van der Waals surface area (Å²) in [7, 11) is 0. The third-order valence-corrected chi connectivity index (χ3v) is 14.6. The summed E-state index contributed by atoms with van der Waals surface area (Å²) in [6.45, 7) is 0. The number of rotatable bonds is 6. The van der Waals surface area contributed by atoms with Gasteiger partial charge < -0.3 is 0 Å². The van der Waals surface area contributed by atoms with E-state index in [0.717, 1.165) is 12.1 Å². The zero-order valence-electron chi connectivity index (χ0n) is 17.6. The van der Waals surface area contributed by atoms with Crippen LogP contribution in [-0.2, 0) is 33.5 Å². The minimum atomic E-state index is -5.01. The predicted molar refractivity (Wildman–Crippen MR) is 108 cm³/mol. The molecule has 0 atom stereocenters. The normalized spacial score (nSPS) is 16.5. The monoisotopic (exact) mass is 578 g/mol. The molecule has 0 aliphatic heterocycles. The molecule has 11 heteroatoms. The quantitative estimate of drug-likeness (QED) is 0.321. The Kier molecular flexibility index (Phi) is 6.83. The molecule has 2 aromatic rings. The van der Waals surface area contributed by atoms with Crippen LogP contribution in [0.4, 0.5) is 35.1 Å². The molecule has 2 aliphatic rings. The van der Waals surface area contributed by atoms with Crippen molar-refractivity contribution in [3.05, 3.63) is 108 Å². The zero-order valence-corrected chi connectivity index (χ0v) is 20.0. The van der Waals surface area contributed by atoms with Crippen LogP contribution in [0.3, 0.4) is 0 Å². The van der Waals surface area contributed by atoms with Gasteiger partial charge in [-0.2, -0.15) is 0 Å². The second-order valence-electron chi connectivity index (χ2n) is 7.80. The third-order valence-electron chi connectivity index (χ3n) is 5.48. The zero-order chi connectivity index (χ0) is 25.4. The molecule has 2 aliphatic carbocycles. The molecule has 0 fully saturated rings. The van der Waals surface area contributed by atoms with Crippen LogP contribution >= 0.6 is 0 Å². The average Bonchev–Trinajstić information content (AvgIpc) is 3.49. The Hall–Kier alpha value is -2.68. The standard InChI is InChI=1S/2C7H4F4O.2C5H5.Zr/c2*8-5-3-4(7(9,10)11)1-2-6(5)12;2*1-2-4-5-3-1;/h2*1-3,12H;2*1-5H;/q;;;;+2/p-2. The van der Waals surface area contributed by atoms with Gasteiger partial charge in [0, 0.05) is 0 Å². The van der Waals surface area contributed by atoms with Crippen LogP contribution in [0, 0.1) is 11.6 Å². The van der Waals surface area contributed by atoms with E-state index in [1.165, 1.54) is 0 Å². The maximum absolute atomic E-state index is 14.8. The number of hydrogen-bond donors (Lipinski definition) is 0. The van der Waals surface area contributed by atoms with Crippen LogP contribution in [0.2, 0.25) is 7.25 Å². The molecule has 0 spiro atoms. The molecular weight excluding hydrogens is 563 g/mol. The molecule has 4 rings (SSSR count). The topological polar surface area (TPSA) is 18.5 Å². The van der Waals surface area contributed by atoms with E-state index in [4.69, 9.17) is 5.63 Å². The second kappa shape index (κ2) is 9.41. The number of allylic oxidation sites excluding steroid dienone is 8. The molecule has 0 aromatic heterocycles. The minimum absolute atomic E-state index is 0.283. The second-order valence-corrected chi connectivity index (χ2v) is 15.6. The van der Waals surface area contributed by atoms with Crippen molar-refractivity contribution in [3.8, 4) is 11.5 Å². The van der Waals surface area contributed by atoms with Gasteiger partial charge in [0.15, 0.2) is 0 Å². The van der Waals surface area contributed by atoms with Gasteiger partial charge in [0.05, 0.1) is 0 Å². The Morgan fingerprint density at radius 2 is 0.914 bits per heavy atom. The van der Waals surface area contributed by atoms with Crippen molar-refractivity contribution in [2.75, 3.05) is 0 Å². The molecule has 184 valence electrons. The first-order valence-corrected chi connectivity index (χ1v) is 15.1. The summed E-state index contributed by atoms with van der Waals surface area (Å²) in [6, 6.07) is 3.50. The Labute approximate surface area is 200 Å². The molecule has 0 amide bonds. The molecular formula is C24H16F8O2Zr. The molecule has 0 saturated heterocycles. The fourth-order valence-corrected chi connectivity index (χ4v) is 12.5. The molecule has 0 unspecified atom stereocenters. The molecule has 2 aromatic carbocycles. The van der Waals surface area contributed by atoms with E-state index in [1.807, 2.05) is 0 Å². The van der Waals surface area contributed by atoms with Crippen molar-refractivity contribution in [2.24, 2.45) is 0 Å². The van der Waals surface area contributed by atoms with E-state index >= 15 is 0 Å². The number of alkyl halides is 6. The van der Waals surface area contributed by atoms with Crippen molar-refractivity contribution in [3.63, 3.8) is 0 Å². The predicted octanol–water partition coefficient (Wildman–Crippen LogP) is 8.27.